The number of aliphatic carboxylic acids is 1. The van der Waals surface area contributed by atoms with Crippen LogP contribution in [-0.4, -0.2) is 30.7 Å². The van der Waals surface area contributed by atoms with Crippen LogP contribution in [-0.2, 0) is 4.79 Å². The van der Waals surface area contributed by atoms with Crippen LogP contribution in [0, 0.1) is 0 Å². The number of nitrogens with one attached hydrogen (secondary N) is 1. The van der Waals surface area contributed by atoms with Gasteiger partial charge >= 0.3 is 5.97 Å². The van der Waals surface area contributed by atoms with E-state index in [1.807, 2.05) is 42.5 Å². The van der Waals surface area contributed by atoms with Gasteiger partial charge in [0.25, 0.3) is 5.91 Å². The molecule has 0 bridgehead atoms. The van der Waals surface area contributed by atoms with Crippen molar-refractivity contribution in [2.24, 2.45) is 0 Å². The van der Waals surface area contributed by atoms with Gasteiger partial charge in [0, 0.05) is 11.4 Å². The predicted molar refractivity (Wildman–Crippen MR) is 112 cm³/mol. The molecule has 1 amide bonds. The van der Waals surface area contributed by atoms with Crippen LogP contribution in [0.25, 0.3) is 0 Å². The minimum absolute atomic E-state index is 0.135. The summed E-state index contributed by atoms with van der Waals surface area (Å²) in [4.78, 5) is 25.7. The van der Waals surface area contributed by atoms with Gasteiger partial charge in [-0.2, -0.15) is 0 Å². The molecule has 1 aliphatic rings. The molecule has 7 nitrogen and oxygen atoms in total. The van der Waals surface area contributed by atoms with Crippen LogP contribution in [0.5, 0.6) is 11.5 Å². The number of carbonyl (C=O) groups excluding carboxylic acids is 1. The smallest absolute Gasteiger partial charge is 0.341 e. The number of carboxylic acid groups (broad SMARTS) is 1. The number of hydrogen-bond acceptors (Lipinski definition) is 5. The summed E-state index contributed by atoms with van der Waals surface area (Å²) >= 11 is 0. The third-order valence-corrected chi connectivity index (χ3v) is 4.84. The summed E-state index contributed by atoms with van der Waals surface area (Å²) in [6.07, 6.45) is -0.427. The largest absolute Gasteiger partial charge is 0.497 e. The van der Waals surface area contributed by atoms with E-state index in [-0.39, 0.29) is 5.91 Å². The maximum atomic E-state index is 13.4. The second-order valence-electron chi connectivity index (χ2n) is 6.72. The number of nitrogens with zero attached hydrogens (tertiary/aromatic N) is 1. The number of ether oxygens (including phenoxy) is 2. The number of amides is 1. The van der Waals surface area contributed by atoms with Crippen LogP contribution >= 0.6 is 0 Å². The van der Waals surface area contributed by atoms with E-state index in [2.05, 4.69) is 5.32 Å². The van der Waals surface area contributed by atoms with Gasteiger partial charge < -0.3 is 19.9 Å². The number of rotatable bonds is 6. The molecule has 1 atom stereocenters. The molecule has 3 aromatic rings. The van der Waals surface area contributed by atoms with Gasteiger partial charge in [0.05, 0.1) is 12.7 Å². The fourth-order valence-electron chi connectivity index (χ4n) is 3.39. The van der Waals surface area contributed by atoms with E-state index in [1.54, 1.807) is 42.3 Å². The fraction of sp³-hybridized carbons (Fsp3) is 0.130. The molecular weight excluding hydrogens is 384 g/mol. The van der Waals surface area contributed by atoms with Gasteiger partial charge in [-0.15, -0.1) is 0 Å². The quantitative estimate of drug-likeness (QED) is 0.647. The Labute approximate surface area is 173 Å². The first kappa shape index (κ1) is 19.3. The molecule has 4 rings (SSSR count). The Morgan fingerprint density at radius 3 is 2.33 bits per heavy atom. The molecule has 0 unspecified atom stereocenters. The van der Waals surface area contributed by atoms with Crippen LogP contribution < -0.4 is 19.7 Å². The molecule has 0 saturated carbocycles. The Hall–Kier alpha value is -4.00. The maximum absolute atomic E-state index is 13.4. The standard InChI is InChI=1S/C23H20N2O5/c1-29-17-10-6-15(7-11-17)22-24-20-5-3-2-4-19(20)23(28)25(22)16-8-12-18(13-9-16)30-14-21(26)27/h2-13,22,24H,14H2,1H3,(H,26,27)/t22-/m1/s1. The minimum atomic E-state index is -1.05. The molecular formula is C23H20N2O5. The summed E-state index contributed by atoms with van der Waals surface area (Å²) in [5, 5.41) is 12.2. The molecule has 0 fully saturated rings. The zero-order valence-corrected chi connectivity index (χ0v) is 16.2. The van der Waals surface area contributed by atoms with Crippen molar-refractivity contribution >= 4 is 23.3 Å². The van der Waals surface area contributed by atoms with Gasteiger partial charge in [-0.05, 0) is 54.1 Å². The highest BCUT2D eigenvalue weighted by Crippen LogP contribution is 2.37. The van der Waals surface area contributed by atoms with E-state index < -0.39 is 18.7 Å². The van der Waals surface area contributed by atoms with Crippen LogP contribution in [0.4, 0.5) is 11.4 Å². The van der Waals surface area contributed by atoms with Crippen molar-refractivity contribution in [3.05, 3.63) is 83.9 Å². The number of benzene rings is 3. The lowest BCUT2D eigenvalue weighted by atomic mass is 10.0. The zero-order chi connectivity index (χ0) is 21.1. The van der Waals surface area contributed by atoms with Crippen molar-refractivity contribution in [3.8, 4) is 11.5 Å². The topological polar surface area (TPSA) is 88.1 Å². The highest BCUT2D eigenvalue weighted by molar-refractivity contribution is 6.12. The third kappa shape index (κ3) is 3.77. The summed E-state index contributed by atoms with van der Waals surface area (Å²) < 4.78 is 10.4. The Morgan fingerprint density at radius 2 is 1.67 bits per heavy atom. The molecule has 152 valence electrons. The van der Waals surface area contributed by atoms with Gasteiger partial charge in [-0.3, -0.25) is 9.69 Å². The Morgan fingerprint density at radius 1 is 1.00 bits per heavy atom. The molecule has 0 aromatic heterocycles. The van der Waals surface area contributed by atoms with Gasteiger partial charge in [-0.1, -0.05) is 24.3 Å². The number of carbonyl (C=O) groups is 2. The van der Waals surface area contributed by atoms with Crippen molar-refractivity contribution in [1.82, 2.24) is 0 Å². The second kappa shape index (κ2) is 8.16. The molecule has 30 heavy (non-hydrogen) atoms. The van der Waals surface area contributed by atoms with E-state index in [4.69, 9.17) is 14.6 Å². The molecule has 7 heteroatoms. The first-order chi connectivity index (χ1) is 14.6. The molecule has 1 heterocycles. The lowest BCUT2D eigenvalue weighted by Gasteiger charge is -2.38. The van der Waals surface area contributed by atoms with Crippen LogP contribution in [0.2, 0.25) is 0 Å². The van der Waals surface area contributed by atoms with Crippen molar-refractivity contribution in [3.63, 3.8) is 0 Å². The van der Waals surface area contributed by atoms with Crippen LogP contribution in [0.15, 0.2) is 72.8 Å². The average Bonchev–Trinajstić information content (AvgIpc) is 2.78. The molecule has 0 saturated heterocycles. The molecule has 1 aliphatic heterocycles. The van der Waals surface area contributed by atoms with Gasteiger partial charge in [-0.25, -0.2) is 4.79 Å². The van der Waals surface area contributed by atoms with E-state index in [0.29, 0.717) is 17.0 Å². The summed E-state index contributed by atoms with van der Waals surface area (Å²) in [5.74, 6) is -0.0391. The summed E-state index contributed by atoms with van der Waals surface area (Å²) in [5.41, 5.74) is 2.89. The van der Waals surface area contributed by atoms with E-state index in [9.17, 15) is 9.59 Å². The normalized spacial score (nSPS) is 15.2. The average molecular weight is 404 g/mol. The van der Waals surface area contributed by atoms with Crippen molar-refractivity contribution in [1.29, 1.82) is 0 Å². The third-order valence-electron chi connectivity index (χ3n) is 4.84. The number of methoxy groups -OCH3 is 1. The predicted octanol–water partition coefficient (Wildman–Crippen LogP) is 3.93. The summed E-state index contributed by atoms with van der Waals surface area (Å²) in [7, 11) is 1.61. The Balaban J connectivity index is 1.71. The molecule has 0 spiro atoms. The molecule has 3 aromatic carbocycles. The molecule has 0 radical (unpaired) electrons. The van der Waals surface area contributed by atoms with Crippen LogP contribution in [0.3, 0.4) is 0 Å². The van der Waals surface area contributed by atoms with Gasteiger partial charge in [0.2, 0.25) is 0 Å². The van der Waals surface area contributed by atoms with Crippen molar-refractivity contribution in [2.45, 2.75) is 6.17 Å². The first-order valence-corrected chi connectivity index (χ1v) is 9.34. The lowest BCUT2D eigenvalue weighted by Crippen LogP contribution is -2.43. The maximum Gasteiger partial charge on any atom is 0.341 e. The number of anilines is 2. The number of hydrogen-bond donors (Lipinski definition) is 2. The summed E-state index contributed by atoms with van der Waals surface area (Å²) in [6.45, 7) is -0.425. The Kier molecular flexibility index (Phi) is 5.26. The summed E-state index contributed by atoms with van der Waals surface area (Å²) in [6, 6.07) is 21.7. The fourth-order valence-corrected chi connectivity index (χ4v) is 3.39. The van der Waals surface area contributed by atoms with E-state index in [0.717, 1.165) is 17.0 Å². The Bertz CT molecular complexity index is 1060. The zero-order valence-electron chi connectivity index (χ0n) is 16.2. The van der Waals surface area contributed by atoms with Gasteiger partial charge in [0.15, 0.2) is 6.61 Å². The highest BCUT2D eigenvalue weighted by Gasteiger charge is 2.34. The SMILES string of the molecule is COc1ccc([C@@H]2Nc3ccccc3C(=O)N2c2ccc(OCC(=O)O)cc2)cc1. The number of carboxylic acids is 1. The van der Waals surface area contributed by atoms with E-state index >= 15 is 0 Å². The molecule has 0 aliphatic carbocycles. The van der Waals surface area contributed by atoms with E-state index in [1.165, 1.54) is 0 Å². The second-order valence-corrected chi connectivity index (χ2v) is 6.72. The number of para-hydroxylation sites is 1. The van der Waals surface area contributed by atoms with Crippen molar-refractivity contribution in [2.75, 3.05) is 23.9 Å². The van der Waals surface area contributed by atoms with Gasteiger partial charge in [0.1, 0.15) is 17.7 Å². The molecule has 2 N–H and O–H groups in total. The van der Waals surface area contributed by atoms with Crippen molar-refractivity contribution < 1.29 is 24.2 Å². The monoisotopic (exact) mass is 404 g/mol. The van der Waals surface area contributed by atoms with Crippen LogP contribution in [0.1, 0.15) is 22.1 Å². The lowest BCUT2D eigenvalue weighted by molar-refractivity contribution is -0.139. The highest BCUT2D eigenvalue weighted by atomic mass is 16.5. The first-order valence-electron chi connectivity index (χ1n) is 9.34. The minimum Gasteiger partial charge on any atom is -0.497 e. The number of fused-ring (bicyclic) bond motifs is 1.